The molecule has 110 valence electrons. The summed E-state index contributed by atoms with van der Waals surface area (Å²) < 4.78 is 10.9. The lowest BCUT2D eigenvalue weighted by atomic mass is 10.3. The SMILES string of the molecule is Nc1nc(N2CCCOC2)c(N)c(N2CCCOC2)n1. The van der Waals surface area contributed by atoms with Crippen LogP contribution < -0.4 is 21.3 Å². The minimum Gasteiger partial charge on any atom is -0.393 e. The van der Waals surface area contributed by atoms with Crippen LogP contribution in [0.5, 0.6) is 0 Å². The highest BCUT2D eigenvalue weighted by Gasteiger charge is 2.23. The molecule has 0 amide bonds. The number of hydrogen-bond acceptors (Lipinski definition) is 8. The molecule has 8 nitrogen and oxygen atoms in total. The first-order valence-electron chi connectivity index (χ1n) is 6.84. The number of nitrogens with zero attached hydrogens (tertiary/aromatic N) is 4. The van der Waals surface area contributed by atoms with Crippen molar-refractivity contribution in [1.82, 2.24) is 9.97 Å². The fraction of sp³-hybridized carbons (Fsp3) is 0.667. The van der Waals surface area contributed by atoms with Crippen molar-refractivity contribution in [3.8, 4) is 0 Å². The van der Waals surface area contributed by atoms with Crippen LogP contribution in [0.2, 0.25) is 0 Å². The van der Waals surface area contributed by atoms with Gasteiger partial charge < -0.3 is 30.7 Å². The van der Waals surface area contributed by atoms with Crippen molar-refractivity contribution in [2.24, 2.45) is 0 Å². The van der Waals surface area contributed by atoms with E-state index >= 15 is 0 Å². The van der Waals surface area contributed by atoms with Crippen LogP contribution in [0.4, 0.5) is 23.3 Å². The Labute approximate surface area is 117 Å². The van der Waals surface area contributed by atoms with Crippen LogP contribution in [-0.2, 0) is 9.47 Å². The van der Waals surface area contributed by atoms with Crippen molar-refractivity contribution in [2.75, 3.05) is 61.0 Å². The average Bonchev–Trinajstić information content (AvgIpc) is 2.51. The predicted octanol–water partition coefficient (Wildman–Crippen LogP) is 0.00940. The second-order valence-electron chi connectivity index (χ2n) is 4.95. The molecule has 0 aromatic carbocycles. The summed E-state index contributed by atoms with van der Waals surface area (Å²) in [5.41, 5.74) is 12.6. The van der Waals surface area contributed by atoms with Crippen molar-refractivity contribution in [3.63, 3.8) is 0 Å². The second kappa shape index (κ2) is 5.68. The summed E-state index contributed by atoms with van der Waals surface area (Å²) in [5, 5.41) is 0. The fourth-order valence-corrected chi connectivity index (χ4v) is 2.47. The summed E-state index contributed by atoms with van der Waals surface area (Å²) in [4.78, 5) is 12.5. The van der Waals surface area contributed by atoms with Crippen LogP contribution in [0.3, 0.4) is 0 Å². The molecule has 4 N–H and O–H groups in total. The number of ether oxygens (including phenoxy) is 2. The molecule has 2 aliphatic rings. The van der Waals surface area contributed by atoms with Crippen molar-refractivity contribution in [2.45, 2.75) is 12.8 Å². The van der Waals surface area contributed by atoms with Crippen LogP contribution in [-0.4, -0.2) is 49.7 Å². The Morgan fingerprint density at radius 2 is 1.35 bits per heavy atom. The van der Waals surface area contributed by atoms with Crippen LogP contribution in [0.15, 0.2) is 0 Å². The quantitative estimate of drug-likeness (QED) is 0.781. The lowest BCUT2D eigenvalue weighted by Gasteiger charge is -2.32. The predicted molar refractivity (Wildman–Crippen MR) is 76.4 cm³/mol. The molecule has 8 heteroatoms. The van der Waals surface area contributed by atoms with Gasteiger partial charge in [0.05, 0.1) is 13.2 Å². The topological polar surface area (TPSA) is 103 Å². The number of aromatic nitrogens is 2. The number of nitrogens with two attached hydrogens (primary N) is 2. The standard InChI is InChI=1S/C12H20N6O2/c13-9-10(17-3-1-5-19-7-17)15-12(14)16-11(9)18-4-2-6-20-8-18/h1-8,13H2,(H2,14,15,16). The Morgan fingerprint density at radius 1 is 0.850 bits per heavy atom. The van der Waals surface area contributed by atoms with Gasteiger partial charge in [-0.05, 0) is 12.8 Å². The van der Waals surface area contributed by atoms with Crippen molar-refractivity contribution in [1.29, 1.82) is 0 Å². The zero-order valence-corrected chi connectivity index (χ0v) is 11.4. The first-order chi connectivity index (χ1) is 9.75. The van der Waals surface area contributed by atoms with Gasteiger partial charge in [0.2, 0.25) is 5.95 Å². The molecular formula is C12H20N6O2. The Bertz CT molecular complexity index is 432. The zero-order chi connectivity index (χ0) is 13.9. The Kier molecular flexibility index (Phi) is 3.75. The van der Waals surface area contributed by atoms with Gasteiger partial charge in [0.25, 0.3) is 0 Å². The van der Waals surface area contributed by atoms with Crippen molar-refractivity contribution < 1.29 is 9.47 Å². The van der Waals surface area contributed by atoms with Gasteiger partial charge >= 0.3 is 0 Å². The van der Waals surface area contributed by atoms with E-state index in [-0.39, 0.29) is 5.95 Å². The van der Waals surface area contributed by atoms with Gasteiger partial charge in [0, 0.05) is 13.1 Å². The number of hydrogen-bond donors (Lipinski definition) is 2. The van der Waals surface area contributed by atoms with Crippen LogP contribution in [0.25, 0.3) is 0 Å². The maximum Gasteiger partial charge on any atom is 0.224 e. The van der Waals surface area contributed by atoms with E-state index in [1.54, 1.807) is 0 Å². The first kappa shape index (κ1) is 13.2. The molecule has 0 spiro atoms. The first-order valence-corrected chi connectivity index (χ1v) is 6.84. The summed E-state index contributed by atoms with van der Waals surface area (Å²) in [6.07, 6.45) is 1.90. The monoisotopic (exact) mass is 280 g/mol. The second-order valence-corrected chi connectivity index (χ2v) is 4.95. The maximum absolute atomic E-state index is 6.24. The molecule has 1 aromatic rings. The van der Waals surface area contributed by atoms with Crippen molar-refractivity contribution in [3.05, 3.63) is 0 Å². The highest BCUT2D eigenvalue weighted by atomic mass is 16.5. The van der Waals surface area contributed by atoms with Crippen LogP contribution in [0, 0.1) is 0 Å². The van der Waals surface area contributed by atoms with Gasteiger partial charge in [-0.25, -0.2) is 0 Å². The molecule has 0 atom stereocenters. The molecule has 0 radical (unpaired) electrons. The molecule has 1 aromatic heterocycles. The van der Waals surface area contributed by atoms with E-state index in [1.807, 2.05) is 9.80 Å². The van der Waals surface area contributed by atoms with E-state index in [0.29, 0.717) is 30.8 Å². The summed E-state index contributed by atoms with van der Waals surface area (Å²) in [6.45, 7) is 4.22. The van der Waals surface area contributed by atoms with Gasteiger partial charge in [-0.1, -0.05) is 0 Å². The lowest BCUT2D eigenvalue weighted by Crippen LogP contribution is -2.37. The fourth-order valence-electron chi connectivity index (χ4n) is 2.47. The molecule has 2 fully saturated rings. The average molecular weight is 280 g/mol. The normalized spacial score (nSPS) is 20.2. The van der Waals surface area contributed by atoms with E-state index in [4.69, 9.17) is 20.9 Å². The third-order valence-corrected chi connectivity index (χ3v) is 3.45. The Hall–Kier alpha value is -1.80. The molecule has 2 saturated heterocycles. The highest BCUT2D eigenvalue weighted by molar-refractivity contribution is 5.77. The lowest BCUT2D eigenvalue weighted by molar-refractivity contribution is 0.106. The highest BCUT2D eigenvalue weighted by Crippen LogP contribution is 2.32. The van der Waals surface area contributed by atoms with E-state index in [0.717, 1.165) is 39.1 Å². The third kappa shape index (κ3) is 2.56. The van der Waals surface area contributed by atoms with Gasteiger partial charge in [-0.3, -0.25) is 0 Å². The van der Waals surface area contributed by atoms with Gasteiger partial charge in [0.15, 0.2) is 11.6 Å². The Morgan fingerprint density at radius 3 is 1.75 bits per heavy atom. The summed E-state index contributed by atoms with van der Waals surface area (Å²) in [6, 6.07) is 0. The molecule has 3 rings (SSSR count). The molecule has 3 heterocycles. The summed E-state index contributed by atoms with van der Waals surface area (Å²) in [7, 11) is 0. The molecule has 20 heavy (non-hydrogen) atoms. The summed E-state index contributed by atoms with van der Waals surface area (Å²) in [5.74, 6) is 1.52. The molecule has 2 aliphatic heterocycles. The van der Waals surface area contributed by atoms with Crippen molar-refractivity contribution >= 4 is 23.3 Å². The third-order valence-electron chi connectivity index (χ3n) is 3.45. The largest absolute Gasteiger partial charge is 0.393 e. The minimum absolute atomic E-state index is 0.223. The van der Waals surface area contributed by atoms with E-state index < -0.39 is 0 Å². The molecule has 0 unspecified atom stereocenters. The maximum atomic E-state index is 6.24. The molecule has 0 bridgehead atoms. The van der Waals surface area contributed by atoms with Gasteiger partial charge in [0.1, 0.15) is 19.1 Å². The molecule has 0 aliphatic carbocycles. The Balaban J connectivity index is 1.91. The van der Waals surface area contributed by atoms with Crippen LogP contribution >= 0.6 is 0 Å². The van der Waals surface area contributed by atoms with Gasteiger partial charge in [-0.2, -0.15) is 9.97 Å². The molecule has 0 saturated carbocycles. The number of rotatable bonds is 2. The van der Waals surface area contributed by atoms with E-state index in [1.165, 1.54) is 0 Å². The van der Waals surface area contributed by atoms with Crippen LogP contribution in [0.1, 0.15) is 12.8 Å². The number of anilines is 4. The van der Waals surface area contributed by atoms with Gasteiger partial charge in [-0.15, -0.1) is 0 Å². The smallest absolute Gasteiger partial charge is 0.224 e. The minimum atomic E-state index is 0.223. The van der Waals surface area contributed by atoms with E-state index in [2.05, 4.69) is 9.97 Å². The molecular weight excluding hydrogens is 260 g/mol. The summed E-state index contributed by atoms with van der Waals surface area (Å²) >= 11 is 0. The number of nitrogen functional groups attached to an aromatic ring is 2. The zero-order valence-electron chi connectivity index (χ0n) is 11.4. The van der Waals surface area contributed by atoms with E-state index in [9.17, 15) is 0 Å².